The van der Waals surface area contributed by atoms with Crippen LogP contribution in [0.2, 0.25) is 5.02 Å². The van der Waals surface area contributed by atoms with Gasteiger partial charge in [0.15, 0.2) is 5.16 Å². The molecule has 0 unspecified atom stereocenters. The van der Waals surface area contributed by atoms with Gasteiger partial charge in [0.05, 0.1) is 10.6 Å². The summed E-state index contributed by atoms with van der Waals surface area (Å²) >= 11 is 7.41. The van der Waals surface area contributed by atoms with Crippen LogP contribution in [0.25, 0.3) is 33.3 Å². The van der Waals surface area contributed by atoms with E-state index >= 15 is 0 Å². The number of benzene rings is 3. The van der Waals surface area contributed by atoms with Crippen molar-refractivity contribution in [2.45, 2.75) is 10.1 Å². The number of halogens is 1. The Bertz CT molecular complexity index is 1550. The molecule has 5 aromatic rings. The summed E-state index contributed by atoms with van der Waals surface area (Å²) in [6.07, 6.45) is 0. The van der Waals surface area contributed by atoms with Crippen LogP contribution in [-0.4, -0.2) is 15.0 Å². The van der Waals surface area contributed by atoms with Gasteiger partial charge in [-0.1, -0.05) is 72.3 Å². The lowest BCUT2D eigenvalue weighted by molar-refractivity contribution is 0.941. The average Bonchev–Trinajstić information content (AvgIpc) is 2.81. The highest BCUT2D eigenvalue weighted by molar-refractivity contribution is 7.99. The predicted octanol–water partition coefficient (Wildman–Crippen LogP) is 5.75. The van der Waals surface area contributed by atoms with Gasteiger partial charge in [0.1, 0.15) is 0 Å². The van der Waals surface area contributed by atoms with E-state index in [0.717, 1.165) is 33.8 Å². The van der Waals surface area contributed by atoms with Crippen molar-refractivity contribution < 1.29 is 0 Å². The number of hydrogen-bond donors (Lipinski definition) is 2. The average molecular weight is 458 g/mol. The fraction of sp³-hybridized carbons (Fsp3) is 0. The molecule has 0 bridgehead atoms. The van der Waals surface area contributed by atoms with Gasteiger partial charge in [0.25, 0.3) is 11.1 Å². The zero-order valence-electron chi connectivity index (χ0n) is 16.6. The van der Waals surface area contributed by atoms with E-state index in [-0.39, 0.29) is 11.1 Å². The van der Waals surface area contributed by atoms with Crippen molar-refractivity contribution >= 4 is 34.3 Å². The fourth-order valence-corrected chi connectivity index (χ4v) is 4.71. The normalized spacial score (nSPS) is 11.0. The summed E-state index contributed by atoms with van der Waals surface area (Å²) in [4.78, 5) is 36.2. The Morgan fingerprint density at radius 1 is 0.781 bits per heavy atom. The lowest BCUT2D eigenvalue weighted by Gasteiger charge is -2.13. The van der Waals surface area contributed by atoms with Crippen molar-refractivity contribution in [3.8, 4) is 22.4 Å². The molecule has 0 atom stereocenters. The Labute approximate surface area is 192 Å². The van der Waals surface area contributed by atoms with E-state index in [0.29, 0.717) is 26.3 Å². The molecule has 0 spiro atoms. The summed E-state index contributed by atoms with van der Waals surface area (Å²) in [5, 5.41) is 1.71. The summed E-state index contributed by atoms with van der Waals surface area (Å²) in [5.74, 6) is 0. The molecule has 0 aliphatic carbocycles. The Balaban J connectivity index is 1.72. The number of aromatic amines is 2. The third-order valence-electron chi connectivity index (χ3n) is 4.98. The second-order valence-electron chi connectivity index (χ2n) is 7.12. The van der Waals surface area contributed by atoms with Crippen molar-refractivity contribution in [3.05, 3.63) is 111 Å². The van der Waals surface area contributed by atoms with Gasteiger partial charge in [-0.25, -0.2) is 4.98 Å². The van der Waals surface area contributed by atoms with E-state index in [9.17, 15) is 9.59 Å². The molecule has 0 saturated heterocycles. The molecular weight excluding hydrogens is 442 g/mol. The third kappa shape index (κ3) is 3.98. The highest BCUT2D eigenvalue weighted by Crippen LogP contribution is 2.37. The summed E-state index contributed by atoms with van der Waals surface area (Å²) in [5.41, 5.74) is 3.10. The maximum atomic E-state index is 13.1. The van der Waals surface area contributed by atoms with Crippen molar-refractivity contribution in [1.82, 2.24) is 15.0 Å². The highest BCUT2D eigenvalue weighted by Gasteiger charge is 2.18. The lowest BCUT2D eigenvalue weighted by Crippen LogP contribution is -2.13. The first-order valence-corrected chi connectivity index (χ1v) is 11.0. The third-order valence-corrected chi connectivity index (χ3v) is 6.20. The maximum Gasteiger partial charge on any atom is 0.263 e. The number of fused-ring (bicyclic) bond motifs is 1. The van der Waals surface area contributed by atoms with E-state index in [2.05, 4.69) is 15.0 Å². The number of aromatic nitrogens is 3. The number of nitrogens with one attached hydrogen (secondary N) is 2. The molecule has 2 aromatic heterocycles. The number of hydrogen-bond acceptors (Lipinski definition) is 4. The van der Waals surface area contributed by atoms with Crippen LogP contribution < -0.4 is 11.1 Å². The van der Waals surface area contributed by atoms with Crippen LogP contribution >= 0.6 is 23.4 Å². The molecule has 156 valence electrons. The summed E-state index contributed by atoms with van der Waals surface area (Å²) in [6.45, 7) is 0. The van der Waals surface area contributed by atoms with Crippen LogP contribution in [0.3, 0.4) is 0 Å². The molecule has 0 aliphatic heterocycles. The van der Waals surface area contributed by atoms with Gasteiger partial charge in [-0.05, 0) is 35.5 Å². The van der Waals surface area contributed by atoms with Crippen molar-refractivity contribution in [2.75, 3.05) is 0 Å². The van der Waals surface area contributed by atoms with Gasteiger partial charge in [-0.3, -0.25) is 9.59 Å². The second kappa shape index (κ2) is 8.49. The molecule has 5 rings (SSSR count). The first-order valence-electron chi connectivity index (χ1n) is 9.84. The monoisotopic (exact) mass is 457 g/mol. The van der Waals surface area contributed by atoms with Crippen molar-refractivity contribution in [1.29, 1.82) is 0 Å². The zero-order valence-corrected chi connectivity index (χ0v) is 18.2. The molecule has 2 N–H and O–H groups in total. The van der Waals surface area contributed by atoms with E-state index < -0.39 is 0 Å². The quantitative estimate of drug-likeness (QED) is 0.337. The van der Waals surface area contributed by atoms with Gasteiger partial charge >= 0.3 is 0 Å². The van der Waals surface area contributed by atoms with E-state index in [1.165, 1.54) is 6.07 Å². The van der Waals surface area contributed by atoms with Crippen molar-refractivity contribution in [2.24, 2.45) is 0 Å². The Hall–Kier alpha value is -3.61. The minimum Gasteiger partial charge on any atom is -0.321 e. The summed E-state index contributed by atoms with van der Waals surface area (Å²) in [6, 6.07) is 25.9. The van der Waals surface area contributed by atoms with Gasteiger partial charge < -0.3 is 9.97 Å². The number of rotatable bonds is 4. The molecule has 3 aromatic carbocycles. The second-order valence-corrected chi connectivity index (χ2v) is 8.55. The lowest BCUT2D eigenvalue weighted by atomic mass is 10.0. The van der Waals surface area contributed by atoms with E-state index in [1.807, 2.05) is 66.7 Å². The summed E-state index contributed by atoms with van der Waals surface area (Å²) in [7, 11) is 0. The standard InChI is InChI=1S/C25H16ClN3O2S/c26-17-11-12-19-18(13-17)22(16-9-5-2-6-10-16)23(24(31)27-19)32-25-28-20(14-21(30)29-25)15-7-3-1-4-8-15/h1-14H,(H,27,31)(H,28,29,30). The van der Waals surface area contributed by atoms with E-state index in [1.54, 1.807) is 12.1 Å². The first-order chi connectivity index (χ1) is 15.6. The van der Waals surface area contributed by atoms with Crippen LogP contribution in [0.1, 0.15) is 0 Å². The Kier molecular flexibility index (Phi) is 5.39. The van der Waals surface area contributed by atoms with Crippen LogP contribution in [0.5, 0.6) is 0 Å². The maximum absolute atomic E-state index is 13.1. The van der Waals surface area contributed by atoms with Gasteiger partial charge in [-0.15, -0.1) is 0 Å². The van der Waals surface area contributed by atoms with Crippen LogP contribution in [-0.2, 0) is 0 Å². The molecule has 0 radical (unpaired) electrons. The van der Waals surface area contributed by atoms with E-state index in [4.69, 9.17) is 11.6 Å². The molecule has 2 heterocycles. The topological polar surface area (TPSA) is 78.6 Å². The Morgan fingerprint density at radius 2 is 1.47 bits per heavy atom. The molecule has 7 heteroatoms. The smallest absolute Gasteiger partial charge is 0.263 e. The molecule has 5 nitrogen and oxygen atoms in total. The highest BCUT2D eigenvalue weighted by atomic mass is 35.5. The minimum atomic E-state index is -0.289. The van der Waals surface area contributed by atoms with Crippen LogP contribution in [0.4, 0.5) is 0 Å². The Morgan fingerprint density at radius 3 is 2.19 bits per heavy atom. The van der Waals surface area contributed by atoms with Crippen molar-refractivity contribution in [3.63, 3.8) is 0 Å². The molecule has 0 fully saturated rings. The number of pyridine rings is 1. The van der Waals surface area contributed by atoms with Crippen LogP contribution in [0.15, 0.2) is 105 Å². The minimum absolute atomic E-state index is 0.267. The van der Waals surface area contributed by atoms with Gasteiger partial charge in [0.2, 0.25) is 0 Å². The van der Waals surface area contributed by atoms with Crippen LogP contribution in [0, 0.1) is 0 Å². The largest absolute Gasteiger partial charge is 0.321 e. The summed E-state index contributed by atoms with van der Waals surface area (Å²) < 4.78 is 0. The SMILES string of the molecule is O=c1cc(-c2ccccc2)nc(Sc2c(-c3ccccc3)c3cc(Cl)ccc3[nH]c2=O)[nH]1. The number of nitrogens with zero attached hydrogens (tertiary/aromatic N) is 1. The molecule has 0 saturated carbocycles. The van der Waals surface area contributed by atoms with Gasteiger partial charge in [-0.2, -0.15) is 0 Å². The molecule has 0 aliphatic rings. The predicted molar refractivity (Wildman–Crippen MR) is 129 cm³/mol. The molecule has 32 heavy (non-hydrogen) atoms. The molecular formula is C25H16ClN3O2S. The van der Waals surface area contributed by atoms with Gasteiger partial charge in [0, 0.05) is 33.1 Å². The molecule has 0 amide bonds. The zero-order chi connectivity index (χ0) is 22.1. The fourth-order valence-electron chi connectivity index (χ4n) is 3.57. The number of H-pyrrole nitrogens is 2. The first kappa shape index (κ1) is 20.3.